The topological polar surface area (TPSA) is 77.2 Å². The van der Waals surface area contributed by atoms with Crippen LogP contribution >= 0.6 is 0 Å². The van der Waals surface area contributed by atoms with Crippen molar-refractivity contribution in [1.82, 2.24) is 4.90 Å². The van der Waals surface area contributed by atoms with Crippen LogP contribution in [0.4, 0.5) is 13.2 Å². The second kappa shape index (κ2) is 7.15. The van der Waals surface area contributed by atoms with Crippen molar-refractivity contribution in [3.63, 3.8) is 0 Å². The Labute approximate surface area is 182 Å². The zero-order valence-corrected chi connectivity index (χ0v) is 17.4. The van der Waals surface area contributed by atoms with E-state index in [1.165, 1.54) is 24.4 Å². The average molecular weight is 445 g/mol. The summed E-state index contributed by atoms with van der Waals surface area (Å²) in [6.07, 6.45) is 0.697. The van der Waals surface area contributed by atoms with Crippen LogP contribution in [0, 0.1) is 0 Å². The maximum absolute atomic E-state index is 13.5. The molecule has 1 amide bonds. The predicted molar refractivity (Wildman–Crippen MR) is 111 cm³/mol. The van der Waals surface area contributed by atoms with Gasteiger partial charge < -0.3 is 15.2 Å². The minimum atomic E-state index is -4.87. The molecule has 32 heavy (non-hydrogen) atoms. The first-order chi connectivity index (χ1) is 15.2. The summed E-state index contributed by atoms with van der Waals surface area (Å²) in [5, 5.41) is 0. The van der Waals surface area contributed by atoms with Crippen LogP contribution < -0.4 is 15.2 Å². The van der Waals surface area contributed by atoms with Crippen molar-refractivity contribution in [1.29, 1.82) is 0 Å². The number of nitrogens with zero attached hydrogens (tertiary/aromatic N) is 2. The molecule has 2 aliphatic heterocycles. The van der Waals surface area contributed by atoms with Crippen molar-refractivity contribution in [2.75, 3.05) is 7.05 Å². The quantitative estimate of drug-likeness (QED) is 0.723. The van der Waals surface area contributed by atoms with E-state index in [1.807, 2.05) is 12.1 Å². The third-order valence-corrected chi connectivity index (χ3v) is 6.50. The summed E-state index contributed by atoms with van der Waals surface area (Å²) in [5.41, 5.74) is 6.10. The van der Waals surface area contributed by atoms with Crippen molar-refractivity contribution in [2.45, 2.75) is 49.9 Å². The molecule has 2 aromatic rings. The first-order valence-corrected chi connectivity index (χ1v) is 10.5. The highest BCUT2D eigenvalue weighted by Crippen LogP contribution is 2.53. The molecule has 6 nitrogen and oxygen atoms in total. The van der Waals surface area contributed by atoms with Crippen LogP contribution in [0.1, 0.15) is 54.7 Å². The van der Waals surface area contributed by atoms with Gasteiger partial charge >= 0.3 is 6.36 Å². The number of aliphatic imine (C=N–C) groups is 1. The van der Waals surface area contributed by atoms with Crippen LogP contribution in [0.15, 0.2) is 41.4 Å². The van der Waals surface area contributed by atoms with E-state index in [1.54, 1.807) is 6.07 Å². The molecule has 1 atom stereocenters. The minimum absolute atomic E-state index is 0.0148. The lowest BCUT2D eigenvalue weighted by molar-refractivity contribution is -0.274. The largest absolute Gasteiger partial charge is 0.573 e. The molecular weight excluding hydrogens is 423 g/mol. The first-order valence-electron chi connectivity index (χ1n) is 10.5. The zero-order chi connectivity index (χ0) is 22.7. The van der Waals surface area contributed by atoms with Gasteiger partial charge in [0.15, 0.2) is 5.96 Å². The molecule has 1 unspecified atom stereocenters. The monoisotopic (exact) mass is 445 g/mol. The second-order valence-electron chi connectivity index (χ2n) is 8.44. The van der Waals surface area contributed by atoms with E-state index >= 15 is 0 Å². The van der Waals surface area contributed by atoms with Gasteiger partial charge in [-0.1, -0.05) is 25.3 Å². The van der Waals surface area contributed by atoms with E-state index in [9.17, 15) is 18.0 Å². The fraction of sp³-hybridized carbons (Fsp3) is 0.391. The number of hydrogen-bond donors (Lipinski definition) is 1. The number of carbonyl (C=O) groups is 1. The van der Waals surface area contributed by atoms with Gasteiger partial charge in [0, 0.05) is 18.2 Å². The van der Waals surface area contributed by atoms with Gasteiger partial charge in [-0.15, -0.1) is 13.2 Å². The Bertz CT molecular complexity index is 1130. The zero-order valence-electron chi connectivity index (χ0n) is 17.4. The molecule has 3 aliphatic rings. The third-order valence-electron chi connectivity index (χ3n) is 6.50. The number of halogens is 3. The standard InChI is InChI=1S/C23H22F3N3O3/c1-29-20(30)22(28-21(29)27)16-11-14(13-5-3-2-4-6-13)7-9-18(16)31-19-10-8-15(12-17(19)22)32-23(24,25)26/h7-13H,2-6H2,1H3,(H2,27,28). The Morgan fingerprint density at radius 3 is 2.38 bits per heavy atom. The van der Waals surface area contributed by atoms with Crippen LogP contribution in [0.2, 0.25) is 0 Å². The molecule has 9 heteroatoms. The van der Waals surface area contributed by atoms with Gasteiger partial charge in [-0.05, 0) is 54.7 Å². The van der Waals surface area contributed by atoms with E-state index in [0.717, 1.165) is 43.4 Å². The maximum Gasteiger partial charge on any atom is 0.573 e. The summed E-state index contributed by atoms with van der Waals surface area (Å²) < 4.78 is 48.7. The molecule has 0 aromatic heterocycles. The van der Waals surface area contributed by atoms with Gasteiger partial charge in [-0.25, -0.2) is 4.99 Å². The average Bonchev–Trinajstić information content (AvgIpc) is 2.98. The maximum atomic E-state index is 13.5. The number of rotatable bonds is 2. The Balaban J connectivity index is 1.69. The molecule has 0 radical (unpaired) electrons. The molecule has 168 valence electrons. The fourth-order valence-electron chi connectivity index (χ4n) is 4.94. The lowest BCUT2D eigenvalue weighted by Crippen LogP contribution is -2.42. The van der Waals surface area contributed by atoms with Gasteiger partial charge in [0.25, 0.3) is 5.91 Å². The van der Waals surface area contributed by atoms with E-state index in [2.05, 4.69) is 9.73 Å². The highest BCUT2D eigenvalue weighted by Gasteiger charge is 2.55. The van der Waals surface area contributed by atoms with E-state index in [0.29, 0.717) is 17.2 Å². The normalized spacial score (nSPS) is 22.9. The number of benzene rings is 2. The smallest absolute Gasteiger partial charge is 0.457 e. The second-order valence-corrected chi connectivity index (χ2v) is 8.44. The number of nitrogens with two attached hydrogens (primary N) is 1. The molecule has 1 fully saturated rings. The van der Waals surface area contributed by atoms with Crippen LogP contribution in [0.3, 0.4) is 0 Å². The number of ether oxygens (including phenoxy) is 2. The summed E-state index contributed by atoms with van der Waals surface area (Å²) in [4.78, 5) is 19.2. The number of carbonyl (C=O) groups excluding carboxylic acids is 1. The Hall–Kier alpha value is -3.23. The van der Waals surface area contributed by atoms with Crippen LogP contribution in [-0.4, -0.2) is 30.2 Å². The molecule has 0 bridgehead atoms. The van der Waals surface area contributed by atoms with Crippen molar-refractivity contribution < 1.29 is 27.4 Å². The van der Waals surface area contributed by atoms with Crippen LogP contribution in [0.25, 0.3) is 0 Å². The third kappa shape index (κ3) is 3.18. The molecule has 5 rings (SSSR count). The summed E-state index contributed by atoms with van der Waals surface area (Å²) in [7, 11) is 1.49. The van der Waals surface area contributed by atoms with Gasteiger partial charge in [0.05, 0.1) is 0 Å². The molecule has 2 heterocycles. The summed E-state index contributed by atoms with van der Waals surface area (Å²) >= 11 is 0. The van der Waals surface area contributed by atoms with Crippen LogP contribution in [0.5, 0.6) is 17.2 Å². The number of alkyl halides is 3. The van der Waals surface area contributed by atoms with Crippen molar-refractivity contribution in [3.8, 4) is 17.2 Å². The number of amides is 1. The van der Waals surface area contributed by atoms with Gasteiger partial charge in [-0.2, -0.15) is 0 Å². The SMILES string of the molecule is CN1C(=O)C2(N=C1N)c1cc(OC(F)(F)F)ccc1Oc1ccc(C3CCCCC3)cc12. The molecule has 2 N–H and O–H groups in total. The molecule has 1 spiro atoms. The highest BCUT2D eigenvalue weighted by atomic mass is 19.4. The van der Waals surface area contributed by atoms with Crippen molar-refractivity contribution in [3.05, 3.63) is 53.1 Å². The number of fused-ring (bicyclic) bond motifs is 4. The van der Waals surface area contributed by atoms with Gasteiger partial charge in [0.1, 0.15) is 17.2 Å². The van der Waals surface area contributed by atoms with E-state index in [-0.39, 0.29) is 17.3 Å². The molecule has 1 aliphatic carbocycles. The predicted octanol–water partition coefficient (Wildman–Crippen LogP) is 4.77. The van der Waals surface area contributed by atoms with E-state index in [4.69, 9.17) is 10.5 Å². The number of hydrogen-bond acceptors (Lipinski definition) is 5. The Morgan fingerprint density at radius 1 is 1.09 bits per heavy atom. The van der Waals surface area contributed by atoms with E-state index < -0.39 is 23.6 Å². The summed E-state index contributed by atoms with van der Waals surface area (Å²) in [5.74, 6) is 0.0920. The molecular formula is C23H22F3N3O3. The van der Waals surface area contributed by atoms with Crippen LogP contribution in [-0.2, 0) is 10.3 Å². The minimum Gasteiger partial charge on any atom is -0.457 e. The molecule has 2 aromatic carbocycles. The lowest BCUT2D eigenvalue weighted by atomic mass is 9.77. The van der Waals surface area contributed by atoms with Gasteiger partial charge in [0.2, 0.25) is 5.54 Å². The molecule has 0 saturated heterocycles. The fourth-order valence-corrected chi connectivity index (χ4v) is 4.94. The van der Waals surface area contributed by atoms with Gasteiger partial charge in [-0.3, -0.25) is 9.69 Å². The Morgan fingerprint density at radius 2 is 1.75 bits per heavy atom. The van der Waals surface area contributed by atoms with Crippen molar-refractivity contribution >= 4 is 11.9 Å². The Kier molecular flexibility index (Phi) is 4.61. The summed E-state index contributed by atoms with van der Waals surface area (Å²) in [6, 6.07) is 9.36. The van der Waals surface area contributed by atoms with Crippen molar-refractivity contribution in [2.24, 2.45) is 10.7 Å². The first kappa shape index (κ1) is 20.7. The molecule has 1 saturated carbocycles. The summed E-state index contributed by atoms with van der Waals surface area (Å²) in [6.45, 7) is 0. The lowest BCUT2D eigenvalue weighted by Gasteiger charge is -2.34. The number of likely N-dealkylation sites (N-methyl/N-ethyl adjacent to an activating group) is 1. The number of guanidine groups is 1. The highest BCUT2D eigenvalue weighted by molar-refractivity contribution is 6.10.